The summed E-state index contributed by atoms with van der Waals surface area (Å²) in [6.07, 6.45) is 9.69. The Bertz CT molecular complexity index is 214. The van der Waals surface area contributed by atoms with Crippen molar-refractivity contribution in [1.29, 1.82) is 0 Å². The Morgan fingerprint density at radius 3 is 2.11 bits per heavy atom. The van der Waals surface area contributed by atoms with E-state index in [2.05, 4.69) is 39.9 Å². The lowest BCUT2D eigenvalue weighted by molar-refractivity contribution is 0.113. The number of hydrogen-bond acceptors (Lipinski definition) is 1. The van der Waals surface area contributed by atoms with Gasteiger partial charge in [-0.1, -0.05) is 41.0 Å². The fraction of sp³-hybridized carbons (Fsp3) is 1.00. The zero-order chi connectivity index (χ0) is 13.6. The molecule has 0 saturated heterocycles. The van der Waals surface area contributed by atoms with Gasteiger partial charge in [-0.3, -0.25) is 0 Å². The summed E-state index contributed by atoms with van der Waals surface area (Å²) in [6, 6.07) is 0.774. The van der Waals surface area contributed by atoms with Crippen LogP contribution in [0.25, 0.3) is 0 Å². The molecule has 1 heteroatoms. The molecule has 108 valence electrons. The van der Waals surface area contributed by atoms with Crippen molar-refractivity contribution >= 4 is 0 Å². The van der Waals surface area contributed by atoms with Gasteiger partial charge in [0.05, 0.1) is 0 Å². The van der Waals surface area contributed by atoms with E-state index in [1.807, 2.05) is 0 Å². The standard InChI is InChI=1S/C17H35N/c1-6-13-18-16(7-2)14-9-11-15(12-10-14)17(4,5)8-3/h14-16,18H,6-13H2,1-5H3. The predicted molar refractivity (Wildman–Crippen MR) is 81.9 cm³/mol. The molecule has 1 N–H and O–H groups in total. The first-order valence-corrected chi connectivity index (χ1v) is 8.28. The van der Waals surface area contributed by atoms with Gasteiger partial charge in [-0.15, -0.1) is 0 Å². The second kappa shape index (κ2) is 7.53. The topological polar surface area (TPSA) is 12.0 Å². The third kappa shape index (κ3) is 4.26. The molecule has 1 fully saturated rings. The van der Waals surface area contributed by atoms with Crippen LogP contribution >= 0.6 is 0 Å². The summed E-state index contributed by atoms with van der Waals surface area (Å²) in [7, 11) is 0. The van der Waals surface area contributed by atoms with Crippen LogP contribution in [0.15, 0.2) is 0 Å². The molecule has 1 unspecified atom stereocenters. The maximum atomic E-state index is 3.76. The highest BCUT2D eigenvalue weighted by atomic mass is 14.9. The van der Waals surface area contributed by atoms with E-state index < -0.39 is 0 Å². The molecule has 1 aliphatic carbocycles. The second-order valence-corrected chi connectivity index (χ2v) is 6.92. The van der Waals surface area contributed by atoms with Crippen LogP contribution in [0.1, 0.15) is 79.6 Å². The molecule has 0 radical (unpaired) electrons. The van der Waals surface area contributed by atoms with Crippen LogP contribution in [-0.2, 0) is 0 Å². The van der Waals surface area contributed by atoms with E-state index in [1.165, 1.54) is 51.5 Å². The molecular formula is C17H35N. The van der Waals surface area contributed by atoms with Crippen LogP contribution in [-0.4, -0.2) is 12.6 Å². The average Bonchev–Trinajstić information content (AvgIpc) is 2.40. The zero-order valence-electron chi connectivity index (χ0n) is 13.4. The van der Waals surface area contributed by atoms with Gasteiger partial charge >= 0.3 is 0 Å². The lowest BCUT2D eigenvalue weighted by Gasteiger charge is -2.41. The number of nitrogens with one attached hydrogen (secondary N) is 1. The highest BCUT2D eigenvalue weighted by Crippen LogP contribution is 2.43. The molecule has 1 nitrogen and oxygen atoms in total. The first-order valence-electron chi connectivity index (χ1n) is 8.28. The molecule has 0 bridgehead atoms. The van der Waals surface area contributed by atoms with Gasteiger partial charge in [-0.25, -0.2) is 0 Å². The molecule has 0 spiro atoms. The van der Waals surface area contributed by atoms with Crippen LogP contribution in [0.2, 0.25) is 0 Å². The molecular weight excluding hydrogens is 218 g/mol. The second-order valence-electron chi connectivity index (χ2n) is 6.92. The van der Waals surface area contributed by atoms with Gasteiger partial charge in [0.15, 0.2) is 0 Å². The van der Waals surface area contributed by atoms with Crippen molar-refractivity contribution in [1.82, 2.24) is 5.32 Å². The van der Waals surface area contributed by atoms with Crippen LogP contribution in [0.5, 0.6) is 0 Å². The van der Waals surface area contributed by atoms with E-state index in [1.54, 1.807) is 0 Å². The summed E-state index contributed by atoms with van der Waals surface area (Å²) in [6.45, 7) is 13.1. The van der Waals surface area contributed by atoms with Crippen LogP contribution in [0, 0.1) is 17.3 Å². The lowest BCUT2D eigenvalue weighted by atomic mass is 9.66. The first kappa shape index (κ1) is 16.0. The van der Waals surface area contributed by atoms with Crippen molar-refractivity contribution in [2.45, 2.75) is 85.6 Å². The minimum Gasteiger partial charge on any atom is -0.314 e. The van der Waals surface area contributed by atoms with E-state index in [-0.39, 0.29) is 0 Å². The van der Waals surface area contributed by atoms with Crippen LogP contribution in [0.3, 0.4) is 0 Å². The summed E-state index contributed by atoms with van der Waals surface area (Å²) in [5.74, 6) is 1.90. The maximum absolute atomic E-state index is 3.76. The maximum Gasteiger partial charge on any atom is 0.00926 e. The van der Waals surface area contributed by atoms with E-state index in [9.17, 15) is 0 Å². The summed E-state index contributed by atoms with van der Waals surface area (Å²) < 4.78 is 0. The fourth-order valence-corrected chi connectivity index (χ4v) is 3.57. The van der Waals surface area contributed by atoms with Crippen molar-refractivity contribution in [2.24, 2.45) is 17.3 Å². The molecule has 1 saturated carbocycles. The molecule has 0 heterocycles. The van der Waals surface area contributed by atoms with E-state index in [4.69, 9.17) is 0 Å². The highest BCUT2D eigenvalue weighted by Gasteiger charge is 2.33. The van der Waals surface area contributed by atoms with Crippen LogP contribution in [0.4, 0.5) is 0 Å². The van der Waals surface area contributed by atoms with Crippen molar-refractivity contribution < 1.29 is 0 Å². The van der Waals surface area contributed by atoms with Gasteiger partial charge < -0.3 is 5.32 Å². The minimum atomic E-state index is 0.559. The zero-order valence-corrected chi connectivity index (χ0v) is 13.4. The molecule has 1 aliphatic rings. The highest BCUT2D eigenvalue weighted by molar-refractivity contribution is 4.86. The number of rotatable bonds is 7. The Labute approximate surface area is 115 Å². The van der Waals surface area contributed by atoms with Gasteiger partial charge in [-0.2, -0.15) is 0 Å². The smallest absolute Gasteiger partial charge is 0.00926 e. The third-order valence-corrected chi connectivity index (χ3v) is 5.45. The Hall–Kier alpha value is -0.0400. The largest absolute Gasteiger partial charge is 0.314 e. The quantitative estimate of drug-likeness (QED) is 0.672. The van der Waals surface area contributed by atoms with Crippen molar-refractivity contribution in [3.05, 3.63) is 0 Å². The lowest BCUT2D eigenvalue weighted by Crippen LogP contribution is -2.39. The van der Waals surface area contributed by atoms with Gasteiger partial charge in [0.25, 0.3) is 0 Å². The monoisotopic (exact) mass is 253 g/mol. The van der Waals surface area contributed by atoms with E-state index >= 15 is 0 Å². The fourth-order valence-electron chi connectivity index (χ4n) is 3.57. The summed E-state index contributed by atoms with van der Waals surface area (Å²) in [4.78, 5) is 0. The Balaban J connectivity index is 2.42. The Kier molecular flexibility index (Phi) is 6.70. The van der Waals surface area contributed by atoms with Crippen molar-refractivity contribution in [3.63, 3.8) is 0 Å². The Morgan fingerprint density at radius 2 is 1.67 bits per heavy atom. The molecule has 0 aromatic heterocycles. The molecule has 0 aliphatic heterocycles. The van der Waals surface area contributed by atoms with Crippen molar-refractivity contribution in [3.8, 4) is 0 Å². The minimum absolute atomic E-state index is 0.559. The van der Waals surface area contributed by atoms with E-state index in [0.717, 1.165) is 17.9 Å². The molecule has 0 aromatic rings. The summed E-state index contributed by atoms with van der Waals surface area (Å²) >= 11 is 0. The SMILES string of the molecule is CCCNC(CC)C1CCC(C(C)(C)CC)CC1. The normalized spacial score (nSPS) is 27.2. The van der Waals surface area contributed by atoms with Gasteiger partial charge in [-0.05, 0) is 62.3 Å². The molecule has 1 rings (SSSR count). The first-order chi connectivity index (χ1) is 8.55. The summed E-state index contributed by atoms with van der Waals surface area (Å²) in [5, 5.41) is 3.76. The third-order valence-electron chi connectivity index (χ3n) is 5.45. The number of hydrogen-bond donors (Lipinski definition) is 1. The molecule has 18 heavy (non-hydrogen) atoms. The van der Waals surface area contributed by atoms with E-state index in [0.29, 0.717) is 5.41 Å². The summed E-state index contributed by atoms with van der Waals surface area (Å²) in [5.41, 5.74) is 0.559. The van der Waals surface area contributed by atoms with Crippen molar-refractivity contribution in [2.75, 3.05) is 6.54 Å². The molecule has 0 amide bonds. The predicted octanol–water partition coefficient (Wildman–Crippen LogP) is 5.01. The molecule has 1 atom stereocenters. The Morgan fingerprint density at radius 1 is 1.06 bits per heavy atom. The van der Waals surface area contributed by atoms with Crippen LogP contribution < -0.4 is 5.32 Å². The molecule has 0 aromatic carbocycles. The van der Waals surface area contributed by atoms with Gasteiger partial charge in [0.2, 0.25) is 0 Å². The average molecular weight is 253 g/mol. The van der Waals surface area contributed by atoms with Gasteiger partial charge in [0, 0.05) is 6.04 Å². The van der Waals surface area contributed by atoms with Gasteiger partial charge in [0.1, 0.15) is 0 Å².